The van der Waals surface area contributed by atoms with E-state index in [-0.39, 0.29) is 6.04 Å². The highest BCUT2D eigenvalue weighted by atomic mass is 16.5. The van der Waals surface area contributed by atoms with Gasteiger partial charge in [-0.25, -0.2) is 0 Å². The molecule has 1 aromatic carbocycles. The van der Waals surface area contributed by atoms with E-state index in [4.69, 9.17) is 4.52 Å². The second-order valence-electron chi connectivity index (χ2n) is 7.62. The van der Waals surface area contributed by atoms with E-state index in [0.29, 0.717) is 23.6 Å². The second kappa shape index (κ2) is 6.90. The molecule has 1 saturated carbocycles. The SMILES string of the molecule is CC(c1ccccc1)N1C[C@H](C)[C@H](NC(O)c2cc(C3CC3)on2)C1. The molecule has 5 nitrogen and oxygen atoms in total. The molecule has 1 saturated heterocycles. The molecule has 0 bridgehead atoms. The van der Waals surface area contributed by atoms with Gasteiger partial charge in [0.1, 0.15) is 11.5 Å². The fourth-order valence-corrected chi connectivity index (χ4v) is 3.76. The molecule has 2 N–H and O–H groups in total. The van der Waals surface area contributed by atoms with E-state index >= 15 is 0 Å². The van der Waals surface area contributed by atoms with Crippen LogP contribution in [-0.2, 0) is 0 Å². The highest BCUT2D eigenvalue weighted by Gasteiger charge is 2.35. The van der Waals surface area contributed by atoms with Gasteiger partial charge in [-0.1, -0.05) is 42.4 Å². The number of likely N-dealkylation sites (tertiary alicyclic amines) is 1. The van der Waals surface area contributed by atoms with Crippen LogP contribution in [0.4, 0.5) is 0 Å². The van der Waals surface area contributed by atoms with Gasteiger partial charge in [-0.15, -0.1) is 0 Å². The summed E-state index contributed by atoms with van der Waals surface area (Å²) in [6, 6.07) is 13.1. The minimum absolute atomic E-state index is 0.238. The van der Waals surface area contributed by atoms with E-state index in [9.17, 15) is 5.11 Å². The first-order valence-corrected chi connectivity index (χ1v) is 9.31. The Bertz CT molecular complexity index is 698. The molecule has 1 aliphatic heterocycles. The van der Waals surface area contributed by atoms with E-state index in [2.05, 4.69) is 59.6 Å². The zero-order valence-corrected chi connectivity index (χ0v) is 14.9. The first-order valence-electron chi connectivity index (χ1n) is 9.31. The number of aliphatic hydroxyl groups is 1. The van der Waals surface area contributed by atoms with Gasteiger partial charge >= 0.3 is 0 Å². The minimum atomic E-state index is -0.768. The van der Waals surface area contributed by atoms with Crippen molar-refractivity contribution in [2.45, 2.75) is 50.9 Å². The van der Waals surface area contributed by atoms with Crippen LogP contribution in [0.25, 0.3) is 0 Å². The first-order chi connectivity index (χ1) is 12.1. The van der Waals surface area contributed by atoms with Crippen molar-refractivity contribution in [1.82, 2.24) is 15.4 Å². The molecule has 2 fully saturated rings. The molecule has 1 aliphatic carbocycles. The number of aliphatic hydroxyl groups excluding tert-OH is 1. The van der Waals surface area contributed by atoms with Gasteiger partial charge in [-0.05, 0) is 31.2 Å². The third-order valence-corrected chi connectivity index (χ3v) is 5.65. The highest BCUT2D eigenvalue weighted by Crippen LogP contribution is 2.40. The van der Waals surface area contributed by atoms with E-state index in [1.54, 1.807) is 0 Å². The molecule has 2 heterocycles. The van der Waals surface area contributed by atoms with E-state index in [1.165, 1.54) is 18.4 Å². The summed E-state index contributed by atoms with van der Waals surface area (Å²) in [5.41, 5.74) is 1.94. The Labute approximate surface area is 149 Å². The molecular weight excluding hydrogens is 314 g/mol. The van der Waals surface area contributed by atoms with E-state index < -0.39 is 6.23 Å². The van der Waals surface area contributed by atoms with Crippen molar-refractivity contribution in [2.24, 2.45) is 5.92 Å². The van der Waals surface area contributed by atoms with Gasteiger partial charge in [0.2, 0.25) is 0 Å². The van der Waals surface area contributed by atoms with Gasteiger partial charge in [0.15, 0.2) is 6.23 Å². The van der Waals surface area contributed by atoms with Crippen molar-refractivity contribution in [3.63, 3.8) is 0 Å². The fourth-order valence-electron chi connectivity index (χ4n) is 3.76. The zero-order chi connectivity index (χ0) is 17.4. The summed E-state index contributed by atoms with van der Waals surface area (Å²) in [6.07, 6.45) is 1.57. The smallest absolute Gasteiger partial charge is 0.151 e. The van der Waals surface area contributed by atoms with Gasteiger partial charge in [-0.3, -0.25) is 10.2 Å². The van der Waals surface area contributed by atoms with Crippen molar-refractivity contribution >= 4 is 0 Å². The Kier molecular flexibility index (Phi) is 4.63. The quantitative estimate of drug-likeness (QED) is 0.790. The molecule has 0 spiro atoms. The van der Waals surface area contributed by atoms with Crippen LogP contribution < -0.4 is 5.32 Å². The molecule has 2 aliphatic rings. The van der Waals surface area contributed by atoms with Crippen molar-refractivity contribution in [2.75, 3.05) is 13.1 Å². The highest BCUT2D eigenvalue weighted by molar-refractivity contribution is 5.19. The van der Waals surface area contributed by atoms with Crippen LogP contribution in [0, 0.1) is 5.92 Å². The third kappa shape index (κ3) is 3.64. The Morgan fingerprint density at radius 2 is 2.00 bits per heavy atom. The monoisotopic (exact) mass is 341 g/mol. The van der Waals surface area contributed by atoms with Crippen LogP contribution in [0.2, 0.25) is 0 Å². The number of rotatable bonds is 6. The number of nitrogens with one attached hydrogen (secondary N) is 1. The van der Waals surface area contributed by atoms with Gasteiger partial charge < -0.3 is 9.63 Å². The summed E-state index contributed by atoms with van der Waals surface area (Å²) in [4.78, 5) is 2.48. The average Bonchev–Trinajstić information content (AvgIpc) is 3.25. The van der Waals surface area contributed by atoms with Crippen molar-refractivity contribution in [1.29, 1.82) is 0 Å². The van der Waals surface area contributed by atoms with E-state index in [0.717, 1.165) is 18.8 Å². The maximum atomic E-state index is 10.5. The Morgan fingerprint density at radius 1 is 1.24 bits per heavy atom. The van der Waals surface area contributed by atoms with Crippen molar-refractivity contribution < 1.29 is 9.63 Å². The lowest BCUT2D eigenvalue weighted by Gasteiger charge is -2.25. The number of hydrogen-bond donors (Lipinski definition) is 2. The third-order valence-electron chi connectivity index (χ3n) is 5.65. The normalized spacial score (nSPS) is 26.7. The molecule has 134 valence electrons. The molecule has 5 heteroatoms. The first kappa shape index (κ1) is 16.8. The van der Waals surface area contributed by atoms with Crippen LogP contribution in [0.3, 0.4) is 0 Å². The summed E-state index contributed by atoms with van der Waals surface area (Å²) in [7, 11) is 0. The number of hydrogen-bond acceptors (Lipinski definition) is 5. The Hall–Kier alpha value is -1.69. The van der Waals surface area contributed by atoms with E-state index in [1.807, 2.05) is 6.07 Å². The summed E-state index contributed by atoms with van der Waals surface area (Å²) in [5, 5.41) is 17.9. The molecule has 4 atom stereocenters. The summed E-state index contributed by atoms with van der Waals surface area (Å²) < 4.78 is 5.36. The lowest BCUT2D eigenvalue weighted by molar-refractivity contribution is 0.109. The largest absolute Gasteiger partial charge is 0.373 e. The van der Waals surface area contributed by atoms with Crippen LogP contribution in [0.1, 0.15) is 61.9 Å². The zero-order valence-electron chi connectivity index (χ0n) is 14.9. The molecule has 0 radical (unpaired) electrons. The topological polar surface area (TPSA) is 61.5 Å². The fraction of sp³-hybridized carbons (Fsp3) is 0.550. The molecule has 4 rings (SSSR count). The van der Waals surface area contributed by atoms with Crippen LogP contribution in [-0.4, -0.2) is 34.3 Å². The summed E-state index contributed by atoms with van der Waals surface area (Å²) >= 11 is 0. The second-order valence-corrected chi connectivity index (χ2v) is 7.62. The Balaban J connectivity index is 1.37. The lowest BCUT2D eigenvalue weighted by Crippen LogP contribution is -2.38. The number of benzene rings is 1. The van der Waals surface area contributed by atoms with Crippen molar-refractivity contribution in [3.8, 4) is 0 Å². The van der Waals surface area contributed by atoms with Crippen LogP contribution in [0.15, 0.2) is 40.9 Å². The molecule has 0 amide bonds. The molecule has 2 unspecified atom stereocenters. The number of aromatic nitrogens is 1. The predicted octanol–water partition coefficient (Wildman–Crippen LogP) is 3.21. The van der Waals surface area contributed by atoms with Gasteiger partial charge in [-0.2, -0.15) is 0 Å². The standard InChI is InChI=1S/C20H27N3O2/c1-13-11-23(14(2)15-6-4-3-5-7-15)12-18(13)21-20(24)17-10-19(25-22-17)16-8-9-16/h3-7,10,13-14,16,18,20-21,24H,8-9,11-12H2,1-2H3/t13-,14?,18+,20?/m0/s1. The molecule has 1 aromatic heterocycles. The maximum absolute atomic E-state index is 10.5. The van der Waals surface area contributed by atoms with Gasteiger partial charge in [0.05, 0.1) is 0 Å². The van der Waals surface area contributed by atoms with Gasteiger partial charge in [0, 0.05) is 37.2 Å². The van der Waals surface area contributed by atoms with Crippen LogP contribution >= 0.6 is 0 Å². The molecular formula is C20H27N3O2. The number of nitrogens with zero attached hydrogens (tertiary/aromatic N) is 2. The van der Waals surface area contributed by atoms with Gasteiger partial charge in [0.25, 0.3) is 0 Å². The molecule has 25 heavy (non-hydrogen) atoms. The Morgan fingerprint density at radius 3 is 2.72 bits per heavy atom. The maximum Gasteiger partial charge on any atom is 0.151 e. The van der Waals surface area contributed by atoms with Crippen molar-refractivity contribution in [3.05, 3.63) is 53.4 Å². The minimum Gasteiger partial charge on any atom is -0.373 e. The predicted molar refractivity (Wildman–Crippen MR) is 96.0 cm³/mol. The van der Waals surface area contributed by atoms with Crippen LogP contribution in [0.5, 0.6) is 0 Å². The lowest BCUT2D eigenvalue weighted by atomic mass is 10.1. The summed E-state index contributed by atoms with van der Waals surface area (Å²) in [5.74, 6) is 1.89. The summed E-state index contributed by atoms with van der Waals surface area (Å²) in [6.45, 7) is 6.43. The molecule has 2 aromatic rings. The average molecular weight is 341 g/mol.